The molecule has 0 amide bonds. The topological polar surface area (TPSA) is 0 Å². The van der Waals surface area contributed by atoms with Crippen LogP contribution in [0.3, 0.4) is 0 Å². The van der Waals surface area contributed by atoms with Crippen LogP contribution in [0, 0.1) is 0 Å². The number of unbranched alkanes of at least 4 members (excludes halogenated alkanes) is 15. The Hall–Kier alpha value is -0.140. The van der Waals surface area contributed by atoms with Crippen LogP contribution in [0.15, 0.2) is 0 Å². The number of alkyl halides is 2. The molecule has 0 N–H and O–H groups in total. The third kappa shape index (κ3) is 19.9. The molecule has 0 atom stereocenters. The zero-order valence-corrected chi connectivity index (χ0v) is 15.3. The fraction of sp³-hybridized carbons (Fsp3) is 1.00. The molecule has 0 bridgehead atoms. The zero-order chi connectivity index (χ0) is 16.5. The van der Waals surface area contributed by atoms with E-state index in [0.717, 1.165) is 19.8 Å². The quantitative estimate of drug-likeness (QED) is 0.237. The summed E-state index contributed by atoms with van der Waals surface area (Å²) in [5.41, 5.74) is 0. The van der Waals surface area contributed by atoms with E-state index in [9.17, 15) is 8.78 Å². The van der Waals surface area contributed by atoms with E-state index in [1.165, 1.54) is 83.5 Å². The SMILES string of the molecule is CCCCCCCCCCCCCCCCCCC(C)(F)F. The van der Waals surface area contributed by atoms with E-state index in [4.69, 9.17) is 0 Å². The first-order chi connectivity index (χ1) is 10.6. The van der Waals surface area contributed by atoms with Gasteiger partial charge in [-0.2, -0.15) is 0 Å². The second-order valence-corrected chi connectivity index (χ2v) is 7.12. The molecule has 0 heterocycles. The molecule has 0 aromatic rings. The summed E-state index contributed by atoms with van der Waals surface area (Å²) in [6.07, 6.45) is 20.7. The van der Waals surface area contributed by atoms with E-state index in [0.29, 0.717) is 6.42 Å². The van der Waals surface area contributed by atoms with Crippen molar-refractivity contribution in [3.8, 4) is 0 Å². The van der Waals surface area contributed by atoms with Crippen molar-refractivity contribution in [1.82, 2.24) is 0 Å². The largest absolute Gasteiger partial charge is 0.245 e. The molecule has 0 saturated heterocycles. The zero-order valence-electron chi connectivity index (χ0n) is 15.3. The number of hydrogen-bond donors (Lipinski definition) is 0. The van der Waals surface area contributed by atoms with Gasteiger partial charge in [0, 0.05) is 6.42 Å². The lowest BCUT2D eigenvalue weighted by molar-refractivity contribution is 0.0103. The van der Waals surface area contributed by atoms with Gasteiger partial charge in [-0.1, -0.05) is 103 Å². The molecule has 0 rings (SSSR count). The monoisotopic (exact) mass is 318 g/mol. The molecule has 2 heteroatoms. The maximum absolute atomic E-state index is 12.6. The van der Waals surface area contributed by atoms with Gasteiger partial charge < -0.3 is 0 Å². The Morgan fingerprint density at radius 3 is 1.05 bits per heavy atom. The minimum absolute atomic E-state index is 0.0610. The summed E-state index contributed by atoms with van der Waals surface area (Å²) in [5.74, 6) is -2.46. The molecule has 134 valence electrons. The van der Waals surface area contributed by atoms with Crippen molar-refractivity contribution in [2.45, 2.75) is 129 Å². The number of hydrogen-bond acceptors (Lipinski definition) is 0. The van der Waals surface area contributed by atoms with Gasteiger partial charge in [-0.25, -0.2) is 8.78 Å². The van der Waals surface area contributed by atoms with Gasteiger partial charge in [-0.15, -0.1) is 0 Å². The molecule has 0 fully saturated rings. The van der Waals surface area contributed by atoms with Gasteiger partial charge in [-0.05, 0) is 13.3 Å². The average molecular weight is 319 g/mol. The molecule has 22 heavy (non-hydrogen) atoms. The van der Waals surface area contributed by atoms with Crippen LogP contribution >= 0.6 is 0 Å². The Morgan fingerprint density at radius 2 is 0.773 bits per heavy atom. The fourth-order valence-corrected chi connectivity index (χ4v) is 2.98. The van der Waals surface area contributed by atoms with Gasteiger partial charge >= 0.3 is 0 Å². The molecular weight excluding hydrogens is 278 g/mol. The molecule has 0 aromatic carbocycles. The van der Waals surface area contributed by atoms with Gasteiger partial charge in [0.25, 0.3) is 0 Å². The smallest absolute Gasteiger partial charge is 0.207 e. The Labute approximate surface area is 138 Å². The van der Waals surface area contributed by atoms with Crippen LogP contribution in [-0.4, -0.2) is 5.92 Å². The summed E-state index contributed by atoms with van der Waals surface area (Å²) in [7, 11) is 0. The number of halogens is 2. The van der Waals surface area contributed by atoms with E-state index in [-0.39, 0.29) is 6.42 Å². The lowest BCUT2D eigenvalue weighted by Gasteiger charge is -2.09. The first kappa shape index (κ1) is 21.9. The Kier molecular flexibility index (Phi) is 15.6. The molecule has 0 aliphatic heterocycles. The predicted octanol–water partition coefficient (Wildman–Crippen LogP) is 8.29. The predicted molar refractivity (Wildman–Crippen MR) is 94.8 cm³/mol. The minimum atomic E-state index is -2.46. The Balaban J connectivity index is 3.00. The highest BCUT2D eigenvalue weighted by molar-refractivity contribution is 4.58. The minimum Gasteiger partial charge on any atom is -0.207 e. The molecule has 0 aliphatic rings. The van der Waals surface area contributed by atoms with Crippen LogP contribution in [-0.2, 0) is 0 Å². The summed E-state index contributed by atoms with van der Waals surface area (Å²) in [6.45, 7) is 3.29. The molecule has 0 nitrogen and oxygen atoms in total. The van der Waals surface area contributed by atoms with E-state index in [2.05, 4.69) is 6.92 Å². The Morgan fingerprint density at radius 1 is 0.500 bits per heavy atom. The van der Waals surface area contributed by atoms with Crippen LogP contribution in [0.1, 0.15) is 123 Å². The van der Waals surface area contributed by atoms with Crippen molar-refractivity contribution in [3.63, 3.8) is 0 Å². The van der Waals surface area contributed by atoms with Gasteiger partial charge in [0.15, 0.2) is 0 Å². The van der Waals surface area contributed by atoms with Crippen LogP contribution < -0.4 is 0 Å². The van der Waals surface area contributed by atoms with Crippen molar-refractivity contribution < 1.29 is 8.78 Å². The van der Waals surface area contributed by atoms with E-state index in [1.807, 2.05) is 0 Å². The third-order valence-electron chi connectivity index (χ3n) is 4.47. The lowest BCUT2D eigenvalue weighted by atomic mass is 10.0. The van der Waals surface area contributed by atoms with Gasteiger partial charge in [0.1, 0.15) is 0 Å². The van der Waals surface area contributed by atoms with Crippen molar-refractivity contribution in [3.05, 3.63) is 0 Å². The van der Waals surface area contributed by atoms with Crippen molar-refractivity contribution in [2.24, 2.45) is 0 Å². The van der Waals surface area contributed by atoms with E-state index >= 15 is 0 Å². The molecular formula is C20H40F2. The van der Waals surface area contributed by atoms with Gasteiger partial charge in [0.2, 0.25) is 5.92 Å². The molecule has 0 aromatic heterocycles. The molecule has 0 spiro atoms. The second-order valence-electron chi connectivity index (χ2n) is 7.12. The van der Waals surface area contributed by atoms with Crippen molar-refractivity contribution in [2.75, 3.05) is 0 Å². The average Bonchev–Trinajstić information content (AvgIpc) is 2.45. The van der Waals surface area contributed by atoms with Crippen LogP contribution in [0.4, 0.5) is 8.78 Å². The maximum Gasteiger partial charge on any atom is 0.245 e. The molecule has 0 aliphatic carbocycles. The van der Waals surface area contributed by atoms with Gasteiger partial charge in [-0.3, -0.25) is 0 Å². The van der Waals surface area contributed by atoms with Crippen molar-refractivity contribution in [1.29, 1.82) is 0 Å². The summed E-state index contributed by atoms with van der Waals surface area (Å²) in [4.78, 5) is 0. The summed E-state index contributed by atoms with van der Waals surface area (Å²) in [6, 6.07) is 0. The van der Waals surface area contributed by atoms with Crippen molar-refractivity contribution >= 4 is 0 Å². The standard InChI is InChI=1S/C20H40F2/c1-3-4-5-6-7-8-9-10-11-12-13-14-15-16-17-18-19-20(2,21)22/h3-19H2,1-2H3. The van der Waals surface area contributed by atoms with E-state index in [1.54, 1.807) is 0 Å². The molecule has 0 saturated carbocycles. The lowest BCUT2D eigenvalue weighted by Crippen LogP contribution is -2.08. The number of rotatable bonds is 17. The molecule has 0 unspecified atom stereocenters. The highest BCUT2D eigenvalue weighted by Gasteiger charge is 2.19. The highest BCUT2D eigenvalue weighted by atomic mass is 19.3. The summed E-state index contributed by atoms with van der Waals surface area (Å²) in [5, 5.41) is 0. The molecule has 0 radical (unpaired) electrons. The third-order valence-corrected chi connectivity index (χ3v) is 4.47. The first-order valence-corrected chi connectivity index (χ1v) is 9.94. The normalized spacial score (nSPS) is 12.0. The summed E-state index contributed by atoms with van der Waals surface area (Å²) < 4.78 is 25.2. The van der Waals surface area contributed by atoms with Crippen LogP contribution in [0.5, 0.6) is 0 Å². The maximum atomic E-state index is 12.6. The fourth-order valence-electron chi connectivity index (χ4n) is 2.98. The first-order valence-electron chi connectivity index (χ1n) is 9.94. The highest BCUT2D eigenvalue weighted by Crippen LogP contribution is 2.21. The van der Waals surface area contributed by atoms with E-state index < -0.39 is 5.92 Å². The van der Waals surface area contributed by atoms with Crippen LogP contribution in [0.2, 0.25) is 0 Å². The van der Waals surface area contributed by atoms with Crippen LogP contribution in [0.25, 0.3) is 0 Å². The van der Waals surface area contributed by atoms with Gasteiger partial charge in [0.05, 0.1) is 0 Å². The Bertz CT molecular complexity index is 208. The second kappa shape index (κ2) is 15.7. The summed E-state index contributed by atoms with van der Waals surface area (Å²) >= 11 is 0.